The molecule has 3 rings (SSSR count). The first-order chi connectivity index (χ1) is 11.7. The summed E-state index contributed by atoms with van der Waals surface area (Å²) in [6.07, 6.45) is 1.73. The van der Waals surface area contributed by atoms with Crippen molar-refractivity contribution in [1.29, 1.82) is 0 Å². The molecular weight excluding hydrogens is 322 g/mol. The number of aromatic nitrogens is 2. The number of rotatable bonds is 5. The quantitative estimate of drug-likeness (QED) is 0.640. The number of ether oxygens (including phenoxy) is 1. The Morgan fingerprint density at radius 3 is 2.67 bits per heavy atom. The molecule has 0 spiro atoms. The van der Waals surface area contributed by atoms with Crippen molar-refractivity contribution in [2.45, 2.75) is 13.1 Å². The Labute approximate surface area is 146 Å². The number of anilines is 2. The number of nitrogens with one attached hydrogen (secondary N) is 2. The molecule has 1 aromatic heterocycles. The summed E-state index contributed by atoms with van der Waals surface area (Å²) in [5.41, 5.74) is 2.63. The molecule has 0 atom stereocenters. The van der Waals surface area contributed by atoms with Crippen LogP contribution in [0.25, 0.3) is 0 Å². The third-order valence-electron chi connectivity index (χ3n) is 3.70. The first-order valence-electron chi connectivity index (χ1n) is 7.60. The minimum absolute atomic E-state index is 0.405. The highest BCUT2D eigenvalue weighted by molar-refractivity contribution is 7.80. The van der Waals surface area contributed by atoms with Crippen molar-refractivity contribution in [2.75, 3.05) is 23.9 Å². The van der Waals surface area contributed by atoms with Gasteiger partial charge in [0.15, 0.2) is 5.11 Å². The molecule has 2 heterocycles. The van der Waals surface area contributed by atoms with Crippen LogP contribution in [-0.4, -0.2) is 28.7 Å². The van der Waals surface area contributed by atoms with Gasteiger partial charge in [-0.25, -0.2) is 0 Å². The van der Waals surface area contributed by atoms with Crippen LogP contribution in [-0.2, 0) is 13.1 Å². The van der Waals surface area contributed by atoms with Crippen LogP contribution in [0.2, 0.25) is 0 Å². The van der Waals surface area contributed by atoms with Crippen LogP contribution in [0.15, 0.2) is 43.0 Å². The molecule has 24 heavy (non-hydrogen) atoms. The molecule has 7 heteroatoms. The molecule has 124 valence electrons. The summed E-state index contributed by atoms with van der Waals surface area (Å²) in [5, 5.41) is 6.41. The van der Waals surface area contributed by atoms with Crippen molar-refractivity contribution in [3.8, 4) is 5.88 Å². The molecule has 1 aromatic carbocycles. The van der Waals surface area contributed by atoms with E-state index in [1.807, 2.05) is 6.07 Å². The molecule has 0 saturated heterocycles. The minimum Gasteiger partial charge on any atom is -0.481 e. The molecule has 2 aromatic rings. The molecule has 0 bridgehead atoms. The maximum atomic E-state index is 5.30. The number of hydrogen-bond donors (Lipinski definition) is 2. The highest BCUT2D eigenvalue weighted by Crippen LogP contribution is 2.29. The van der Waals surface area contributed by atoms with E-state index in [2.05, 4.69) is 56.3 Å². The van der Waals surface area contributed by atoms with Crippen LogP contribution < -0.4 is 20.3 Å². The second-order valence-corrected chi connectivity index (χ2v) is 5.75. The summed E-state index contributed by atoms with van der Waals surface area (Å²) in [4.78, 5) is 11.0. The fourth-order valence-corrected chi connectivity index (χ4v) is 2.72. The second-order valence-electron chi connectivity index (χ2n) is 5.34. The van der Waals surface area contributed by atoms with E-state index in [1.165, 1.54) is 11.1 Å². The number of hydrogen-bond acceptors (Lipinski definition) is 5. The Morgan fingerprint density at radius 1 is 1.33 bits per heavy atom. The van der Waals surface area contributed by atoms with E-state index in [-0.39, 0.29) is 0 Å². The van der Waals surface area contributed by atoms with E-state index < -0.39 is 0 Å². The van der Waals surface area contributed by atoms with Crippen LogP contribution in [0.5, 0.6) is 5.88 Å². The molecule has 0 aliphatic carbocycles. The lowest BCUT2D eigenvalue weighted by Gasteiger charge is -2.18. The van der Waals surface area contributed by atoms with E-state index in [0.29, 0.717) is 23.5 Å². The maximum Gasteiger partial charge on any atom is 0.234 e. The monoisotopic (exact) mass is 341 g/mol. The third-order valence-corrected chi connectivity index (χ3v) is 3.94. The van der Waals surface area contributed by atoms with Crippen molar-refractivity contribution in [3.63, 3.8) is 0 Å². The number of thiocarbonyl (C=S) groups is 1. The molecule has 0 saturated carbocycles. The Hall–Kier alpha value is -2.67. The lowest BCUT2D eigenvalue weighted by molar-refractivity contribution is 0.397. The van der Waals surface area contributed by atoms with Gasteiger partial charge < -0.3 is 20.3 Å². The van der Waals surface area contributed by atoms with Gasteiger partial charge in [-0.15, -0.1) is 6.58 Å². The number of fused-ring (bicyclic) bond motifs is 1. The van der Waals surface area contributed by atoms with E-state index in [9.17, 15) is 0 Å². The predicted molar refractivity (Wildman–Crippen MR) is 99.3 cm³/mol. The van der Waals surface area contributed by atoms with Crippen molar-refractivity contribution < 1.29 is 4.74 Å². The highest BCUT2D eigenvalue weighted by atomic mass is 32.1. The van der Waals surface area contributed by atoms with Crippen molar-refractivity contribution in [2.24, 2.45) is 0 Å². The maximum absolute atomic E-state index is 5.30. The summed E-state index contributed by atoms with van der Waals surface area (Å²) in [7, 11) is 1.59. The van der Waals surface area contributed by atoms with Gasteiger partial charge in [-0.3, -0.25) is 0 Å². The molecule has 2 N–H and O–H groups in total. The first kappa shape index (κ1) is 16.2. The van der Waals surface area contributed by atoms with Gasteiger partial charge >= 0.3 is 0 Å². The average molecular weight is 341 g/mol. The minimum atomic E-state index is 0.405. The molecule has 6 nitrogen and oxygen atoms in total. The Bertz CT molecular complexity index is 739. The zero-order chi connectivity index (χ0) is 16.9. The van der Waals surface area contributed by atoms with Crippen molar-refractivity contribution in [3.05, 3.63) is 54.1 Å². The molecule has 0 unspecified atom stereocenters. The van der Waals surface area contributed by atoms with Crippen LogP contribution in [0, 0.1) is 0 Å². The Morgan fingerprint density at radius 2 is 2.04 bits per heavy atom. The van der Waals surface area contributed by atoms with E-state index >= 15 is 0 Å². The Kier molecular flexibility index (Phi) is 4.90. The topological polar surface area (TPSA) is 62.3 Å². The zero-order valence-electron chi connectivity index (χ0n) is 13.5. The lowest BCUT2D eigenvalue weighted by Crippen LogP contribution is -2.29. The fraction of sp³-hybridized carbons (Fsp3) is 0.235. The normalized spacial score (nSPS) is 12.5. The van der Waals surface area contributed by atoms with Crippen molar-refractivity contribution >= 4 is 29.1 Å². The molecular formula is C17H19N5OS. The number of methoxy groups -OCH3 is 1. The summed E-state index contributed by atoms with van der Waals surface area (Å²) in [6, 6.07) is 10.2. The largest absolute Gasteiger partial charge is 0.481 e. The van der Waals surface area contributed by atoms with Crippen LogP contribution in [0.4, 0.5) is 11.8 Å². The van der Waals surface area contributed by atoms with Gasteiger partial charge in [0.1, 0.15) is 5.82 Å². The highest BCUT2D eigenvalue weighted by Gasteiger charge is 2.21. The van der Waals surface area contributed by atoms with Gasteiger partial charge in [0.05, 0.1) is 7.11 Å². The van der Waals surface area contributed by atoms with Crippen LogP contribution in [0.3, 0.4) is 0 Å². The second kappa shape index (κ2) is 7.27. The lowest BCUT2D eigenvalue weighted by atomic mass is 10.1. The molecule has 0 radical (unpaired) electrons. The molecule has 0 amide bonds. The SMILES string of the molecule is C=CCNC(=S)Nc1nc(OC)cc(N2Cc3ccccc3C2)n1. The number of benzene rings is 1. The standard InChI is InChI=1S/C17H19N5OS/c1-3-8-18-17(24)21-16-19-14(9-15(20-16)23-2)22-10-12-6-4-5-7-13(12)11-22/h3-7,9H,1,8,10-11H2,2H3,(H2,18,19,20,21,24). The van der Waals surface area contributed by atoms with Crippen LogP contribution in [0.1, 0.15) is 11.1 Å². The summed E-state index contributed by atoms with van der Waals surface area (Å²) in [5.74, 6) is 1.69. The summed E-state index contributed by atoms with van der Waals surface area (Å²) < 4.78 is 5.30. The van der Waals surface area contributed by atoms with Crippen LogP contribution >= 0.6 is 12.2 Å². The fourth-order valence-electron chi connectivity index (χ4n) is 2.54. The molecule has 1 aliphatic rings. The predicted octanol–water partition coefficient (Wildman–Crippen LogP) is 2.48. The van der Waals surface area contributed by atoms with Gasteiger partial charge in [0.25, 0.3) is 0 Å². The van der Waals surface area contributed by atoms with Gasteiger partial charge in [0, 0.05) is 25.7 Å². The smallest absolute Gasteiger partial charge is 0.234 e. The van der Waals surface area contributed by atoms with Gasteiger partial charge in [-0.1, -0.05) is 30.3 Å². The average Bonchev–Trinajstić information content (AvgIpc) is 3.04. The van der Waals surface area contributed by atoms with E-state index in [4.69, 9.17) is 17.0 Å². The summed E-state index contributed by atoms with van der Waals surface area (Å²) in [6.45, 7) is 5.85. The Balaban J connectivity index is 1.80. The van der Waals surface area contributed by atoms with Gasteiger partial charge in [0.2, 0.25) is 11.8 Å². The van der Waals surface area contributed by atoms with E-state index in [0.717, 1.165) is 18.9 Å². The third kappa shape index (κ3) is 3.62. The van der Waals surface area contributed by atoms with Gasteiger partial charge in [-0.2, -0.15) is 9.97 Å². The van der Waals surface area contributed by atoms with Crippen molar-refractivity contribution in [1.82, 2.24) is 15.3 Å². The first-order valence-corrected chi connectivity index (χ1v) is 8.01. The number of nitrogens with zero attached hydrogens (tertiary/aromatic N) is 3. The van der Waals surface area contributed by atoms with E-state index in [1.54, 1.807) is 13.2 Å². The van der Waals surface area contributed by atoms with Gasteiger partial charge in [-0.05, 0) is 23.3 Å². The molecule has 1 aliphatic heterocycles. The molecule has 0 fully saturated rings. The summed E-state index contributed by atoms with van der Waals surface area (Å²) >= 11 is 5.21. The zero-order valence-corrected chi connectivity index (χ0v) is 14.3.